The number of amides is 5. The summed E-state index contributed by atoms with van der Waals surface area (Å²) in [5.74, 6) is -1.36. The molecule has 1 aliphatic rings. The lowest BCUT2D eigenvalue weighted by atomic mass is 9.92. The Morgan fingerprint density at radius 2 is 1.69 bits per heavy atom. The molecular weight excluding hydrogens is 457 g/mol. The first-order chi connectivity index (χ1) is 16.7. The van der Waals surface area contributed by atoms with Crippen LogP contribution in [0.2, 0.25) is 0 Å². The lowest BCUT2D eigenvalue weighted by Gasteiger charge is -2.23. The number of urea groups is 1. The monoisotopic (exact) mass is 485 g/mol. The Morgan fingerprint density at radius 3 is 2.29 bits per heavy atom. The second-order valence-corrected chi connectivity index (χ2v) is 8.17. The lowest BCUT2D eigenvalue weighted by molar-refractivity contribution is -0.139. The molecule has 1 aliphatic heterocycles. The van der Waals surface area contributed by atoms with Crippen molar-refractivity contribution in [3.8, 4) is 5.75 Å². The number of hydrogen-bond acceptors (Lipinski definition) is 6. The highest BCUT2D eigenvalue weighted by Crippen LogP contribution is 2.29. The van der Waals surface area contributed by atoms with Crippen LogP contribution in [-0.4, -0.2) is 60.4 Å². The van der Waals surface area contributed by atoms with Crippen LogP contribution in [0.1, 0.15) is 25.0 Å². The van der Waals surface area contributed by atoms with E-state index in [1.54, 1.807) is 55.1 Å². The van der Waals surface area contributed by atoms with Crippen LogP contribution in [-0.2, 0) is 26.5 Å². The van der Waals surface area contributed by atoms with Gasteiger partial charge in [-0.05, 0) is 48.9 Å². The van der Waals surface area contributed by atoms with E-state index in [0.717, 1.165) is 5.56 Å². The third-order valence-corrected chi connectivity index (χ3v) is 5.68. The van der Waals surface area contributed by atoms with E-state index in [2.05, 4.69) is 16.1 Å². The number of likely N-dealkylation sites (N-methyl/N-ethyl adjacent to an activating group) is 1. The van der Waals surface area contributed by atoms with Gasteiger partial charge in [0, 0.05) is 6.54 Å². The average Bonchev–Trinajstić information content (AvgIpc) is 3.07. The molecule has 1 saturated heterocycles. The summed E-state index contributed by atoms with van der Waals surface area (Å²) >= 11 is 0. The highest BCUT2D eigenvalue weighted by Gasteiger charge is 2.50. The van der Waals surface area contributed by atoms with E-state index in [0.29, 0.717) is 22.9 Å². The van der Waals surface area contributed by atoms with Crippen molar-refractivity contribution >= 4 is 23.8 Å². The molecule has 1 fully saturated rings. The number of nitrogens with one attached hydrogen (secondary N) is 3. The summed E-state index contributed by atoms with van der Waals surface area (Å²) in [4.78, 5) is 51.9. The van der Waals surface area contributed by atoms with Crippen LogP contribution in [0.25, 0.3) is 0 Å². The number of halogens is 1. The van der Waals surface area contributed by atoms with Gasteiger partial charge < -0.3 is 15.4 Å². The van der Waals surface area contributed by atoms with Crippen molar-refractivity contribution in [3.05, 3.63) is 65.5 Å². The molecule has 0 bridgehead atoms. The Morgan fingerprint density at radius 1 is 1.06 bits per heavy atom. The van der Waals surface area contributed by atoms with Crippen LogP contribution in [0.5, 0.6) is 5.75 Å². The number of hydrogen-bond donors (Lipinski definition) is 3. The normalized spacial score (nSPS) is 17.3. The second kappa shape index (κ2) is 11.0. The largest absolute Gasteiger partial charge is 0.497 e. The van der Waals surface area contributed by atoms with Crippen molar-refractivity contribution in [1.29, 1.82) is 0 Å². The molecule has 0 radical (unpaired) electrons. The molecule has 0 aromatic heterocycles. The topological polar surface area (TPSA) is 120 Å². The highest BCUT2D eigenvalue weighted by atomic mass is 19.1. The van der Waals surface area contributed by atoms with E-state index in [4.69, 9.17) is 4.74 Å². The van der Waals surface area contributed by atoms with Crippen molar-refractivity contribution in [2.75, 3.05) is 26.7 Å². The van der Waals surface area contributed by atoms with E-state index in [1.165, 1.54) is 19.2 Å². The maximum absolute atomic E-state index is 13.0. The predicted octanol–water partition coefficient (Wildman–Crippen LogP) is 1.27. The Kier molecular flexibility index (Phi) is 8.02. The Balaban J connectivity index is 1.54. The number of imide groups is 1. The van der Waals surface area contributed by atoms with Gasteiger partial charge >= 0.3 is 6.03 Å². The third kappa shape index (κ3) is 6.12. The number of hydrazine groups is 1. The van der Waals surface area contributed by atoms with E-state index in [1.807, 2.05) is 0 Å². The fourth-order valence-electron chi connectivity index (χ4n) is 3.57. The number of rotatable bonds is 10. The molecule has 1 heterocycles. The maximum atomic E-state index is 13.0. The molecule has 0 aliphatic carbocycles. The minimum Gasteiger partial charge on any atom is -0.497 e. The predicted molar refractivity (Wildman–Crippen MR) is 124 cm³/mol. The van der Waals surface area contributed by atoms with Gasteiger partial charge in [-0.1, -0.05) is 31.2 Å². The Bertz CT molecular complexity index is 1090. The first-order valence-electron chi connectivity index (χ1n) is 11.0. The fourth-order valence-corrected chi connectivity index (χ4v) is 3.57. The smallest absolute Gasteiger partial charge is 0.344 e. The zero-order valence-corrected chi connectivity index (χ0v) is 19.8. The molecule has 11 heteroatoms. The molecule has 3 N–H and O–H groups in total. The van der Waals surface area contributed by atoms with Gasteiger partial charge in [-0.25, -0.2) is 9.18 Å². The minimum absolute atomic E-state index is 0.0746. The molecule has 3 rings (SSSR count). The number of methoxy groups -OCH3 is 1. The molecule has 1 atom stereocenters. The quantitative estimate of drug-likeness (QED) is 0.436. The van der Waals surface area contributed by atoms with Crippen molar-refractivity contribution in [3.63, 3.8) is 0 Å². The molecule has 5 amide bonds. The summed E-state index contributed by atoms with van der Waals surface area (Å²) in [7, 11) is 1.52. The van der Waals surface area contributed by atoms with Gasteiger partial charge in [0.05, 0.1) is 20.2 Å². The number of carbonyl (C=O) groups excluding carboxylic acids is 4. The van der Waals surface area contributed by atoms with Gasteiger partial charge in [0.15, 0.2) is 0 Å². The van der Waals surface area contributed by atoms with E-state index in [-0.39, 0.29) is 31.4 Å². The summed E-state index contributed by atoms with van der Waals surface area (Å²) in [6, 6.07) is 11.6. The van der Waals surface area contributed by atoms with Gasteiger partial charge in [0.25, 0.3) is 11.8 Å². The second-order valence-electron chi connectivity index (χ2n) is 8.17. The highest BCUT2D eigenvalue weighted by molar-refractivity contribution is 6.08. The van der Waals surface area contributed by atoms with Crippen LogP contribution in [0.3, 0.4) is 0 Å². The Hall–Kier alpha value is -3.99. The standard InChI is InChI=1S/C24H28FN5O5/c1-4-29(14-20(31)26-13-16-5-9-18(25)10-6-16)15-21(32)28-30-22(33)24(2,27-23(30)34)17-7-11-19(35-3)12-8-17/h5-12H,4,13-15H2,1-3H3,(H,26,31)(H,27,34)(H,28,32). The average molecular weight is 486 g/mol. The van der Waals surface area contributed by atoms with Crippen molar-refractivity contribution in [2.45, 2.75) is 25.9 Å². The summed E-state index contributed by atoms with van der Waals surface area (Å²) in [5, 5.41) is 5.96. The molecule has 2 aromatic carbocycles. The van der Waals surface area contributed by atoms with Crippen molar-refractivity contribution in [1.82, 2.24) is 26.0 Å². The summed E-state index contributed by atoms with van der Waals surface area (Å²) in [6.45, 7) is 3.63. The zero-order chi connectivity index (χ0) is 25.6. The van der Waals surface area contributed by atoms with Crippen LogP contribution < -0.4 is 20.8 Å². The van der Waals surface area contributed by atoms with Gasteiger partial charge in [-0.15, -0.1) is 0 Å². The number of carbonyl (C=O) groups is 4. The molecule has 186 valence electrons. The number of benzene rings is 2. The molecule has 0 spiro atoms. The molecule has 35 heavy (non-hydrogen) atoms. The molecule has 2 aromatic rings. The summed E-state index contributed by atoms with van der Waals surface area (Å²) < 4.78 is 18.1. The van der Waals surface area contributed by atoms with Crippen LogP contribution in [0.15, 0.2) is 48.5 Å². The molecule has 1 unspecified atom stereocenters. The maximum Gasteiger partial charge on any atom is 0.344 e. The molecular formula is C24H28FN5O5. The van der Waals surface area contributed by atoms with Gasteiger partial charge in [0.1, 0.15) is 17.1 Å². The van der Waals surface area contributed by atoms with E-state index < -0.39 is 23.4 Å². The number of nitrogens with zero attached hydrogens (tertiary/aromatic N) is 2. The van der Waals surface area contributed by atoms with E-state index in [9.17, 15) is 23.6 Å². The Labute approximate surface area is 202 Å². The van der Waals surface area contributed by atoms with Gasteiger partial charge in [-0.3, -0.25) is 24.7 Å². The first-order valence-corrected chi connectivity index (χ1v) is 11.0. The van der Waals surface area contributed by atoms with Gasteiger partial charge in [-0.2, -0.15) is 5.01 Å². The zero-order valence-electron chi connectivity index (χ0n) is 19.8. The number of ether oxygens (including phenoxy) is 1. The first kappa shape index (κ1) is 25.6. The van der Waals surface area contributed by atoms with Crippen molar-refractivity contribution in [2.24, 2.45) is 0 Å². The van der Waals surface area contributed by atoms with Crippen molar-refractivity contribution < 1.29 is 28.3 Å². The van der Waals surface area contributed by atoms with E-state index >= 15 is 0 Å². The van der Waals surface area contributed by atoms with Crippen LogP contribution in [0, 0.1) is 5.82 Å². The summed E-state index contributed by atoms with van der Waals surface area (Å²) in [6.07, 6.45) is 0. The molecule has 10 nitrogen and oxygen atoms in total. The van der Waals surface area contributed by atoms with Crippen LogP contribution >= 0.6 is 0 Å². The van der Waals surface area contributed by atoms with Crippen LogP contribution in [0.4, 0.5) is 9.18 Å². The van der Waals surface area contributed by atoms with Gasteiger partial charge in [0.2, 0.25) is 5.91 Å². The molecule has 0 saturated carbocycles. The lowest BCUT2D eigenvalue weighted by Crippen LogP contribution is -2.51. The summed E-state index contributed by atoms with van der Waals surface area (Å²) in [5.41, 5.74) is 2.23. The third-order valence-electron chi connectivity index (χ3n) is 5.68. The SMILES string of the molecule is CCN(CC(=O)NCc1ccc(F)cc1)CC(=O)NN1C(=O)NC(C)(c2ccc(OC)cc2)C1=O. The minimum atomic E-state index is -1.36. The fraction of sp³-hybridized carbons (Fsp3) is 0.333.